The summed E-state index contributed by atoms with van der Waals surface area (Å²) in [6.45, 7) is 5.74. The van der Waals surface area contributed by atoms with E-state index in [2.05, 4.69) is 15.0 Å². The van der Waals surface area contributed by atoms with Gasteiger partial charge in [-0.1, -0.05) is 0 Å². The van der Waals surface area contributed by atoms with Gasteiger partial charge in [-0.05, 0) is 26.3 Å². The largest absolute Gasteiger partial charge is 0.476 e. The molecule has 0 radical (unpaired) electrons. The molecular formula is C11H11N3O3S. The van der Waals surface area contributed by atoms with Gasteiger partial charge in [-0.25, -0.2) is 14.8 Å². The molecule has 0 aliphatic rings. The minimum absolute atomic E-state index is 0.127. The molecular weight excluding hydrogens is 254 g/mol. The molecule has 0 bridgehead atoms. The Hall–Kier alpha value is -1.89. The fraction of sp³-hybridized carbons (Fsp3) is 0.273. The number of carboxylic acids is 1. The lowest BCUT2D eigenvalue weighted by molar-refractivity contribution is 0.0690. The first kappa shape index (κ1) is 12.6. The molecule has 0 unspecified atom stereocenters. The molecule has 0 aromatic carbocycles. The molecule has 2 heterocycles. The number of carboxylic acid groups (broad SMARTS) is 1. The van der Waals surface area contributed by atoms with Crippen molar-refractivity contribution in [3.05, 3.63) is 28.9 Å². The van der Waals surface area contributed by atoms with Crippen LogP contribution in [0.1, 0.15) is 27.4 Å². The van der Waals surface area contributed by atoms with Crippen LogP contribution in [0.25, 0.3) is 0 Å². The molecule has 1 N–H and O–H groups in total. The van der Waals surface area contributed by atoms with Gasteiger partial charge in [-0.15, -0.1) is 0 Å². The highest BCUT2D eigenvalue weighted by molar-refractivity contribution is 7.98. The Bertz CT molecular complexity index is 586. The molecule has 18 heavy (non-hydrogen) atoms. The Labute approximate surface area is 107 Å². The van der Waals surface area contributed by atoms with E-state index in [-0.39, 0.29) is 10.9 Å². The van der Waals surface area contributed by atoms with Crippen LogP contribution in [0.5, 0.6) is 0 Å². The third kappa shape index (κ3) is 2.51. The van der Waals surface area contributed by atoms with E-state index in [0.29, 0.717) is 5.16 Å². The number of aromatic nitrogens is 3. The molecule has 0 saturated heterocycles. The summed E-state index contributed by atoms with van der Waals surface area (Å²) < 4.78 is 5.03. The SMILES string of the molecule is Cc1nc(Sc2nc(C(=O)O)co2)nc(C)c1C. The monoisotopic (exact) mass is 265 g/mol. The molecule has 7 heteroatoms. The third-order valence-corrected chi connectivity index (χ3v) is 3.22. The van der Waals surface area contributed by atoms with Gasteiger partial charge in [0.05, 0.1) is 0 Å². The number of carbonyl (C=O) groups is 1. The fourth-order valence-electron chi connectivity index (χ4n) is 1.27. The smallest absolute Gasteiger partial charge is 0.357 e. The minimum Gasteiger partial charge on any atom is -0.476 e. The van der Waals surface area contributed by atoms with Crippen molar-refractivity contribution in [2.24, 2.45) is 0 Å². The van der Waals surface area contributed by atoms with E-state index < -0.39 is 5.97 Å². The molecule has 0 spiro atoms. The standard InChI is InChI=1S/C11H11N3O3S/c1-5-6(2)12-10(13-7(5)3)18-11-14-8(4-17-11)9(15)16/h4H,1-3H3,(H,15,16). The lowest BCUT2D eigenvalue weighted by Crippen LogP contribution is -1.98. The topological polar surface area (TPSA) is 89.1 Å². The quantitative estimate of drug-likeness (QED) is 0.851. The van der Waals surface area contributed by atoms with Crippen molar-refractivity contribution in [1.82, 2.24) is 15.0 Å². The number of aryl methyl sites for hydroxylation is 2. The van der Waals surface area contributed by atoms with Crippen LogP contribution in [0.4, 0.5) is 0 Å². The van der Waals surface area contributed by atoms with E-state index in [4.69, 9.17) is 9.52 Å². The van der Waals surface area contributed by atoms with Gasteiger partial charge in [0.25, 0.3) is 5.22 Å². The molecule has 0 aliphatic heterocycles. The maximum absolute atomic E-state index is 10.7. The first-order valence-electron chi connectivity index (χ1n) is 5.16. The molecule has 0 atom stereocenters. The molecule has 2 aromatic rings. The zero-order valence-electron chi connectivity index (χ0n) is 10.1. The van der Waals surface area contributed by atoms with Crippen LogP contribution in [0, 0.1) is 20.8 Å². The molecule has 94 valence electrons. The summed E-state index contributed by atoms with van der Waals surface area (Å²) in [6, 6.07) is 0. The lowest BCUT2D eigenvalue weighted by Gasteiger charge is -2.04. The molecule has 2 rings (SSSR count). The zero-order valence-corrected chi connectivity index (χ0v) is 10.9. The zero-order chi connectivity index (χ0) is 13.3. The number of rotatable bonds is 3. The Morgan fingerprint density at radius 1 is 1.22 bits per heavy atom. The van der Waals surface area contributed by atoms with E-state index in [1.165, 1.54) is 0 Å². The van der Waals surface area contributed by atoms with Gasteiger partial charge >= 0.3 is 5.97 Å². The molecule has 0 amide bonds. The second-order valence-corrected chi connectivity index (χ2v) is 4.63. The predicted octanol–water partition coefficient (Wildman–Crippen LogP) is 2.24. The first-order valence-corrected chi connectivity index (χ1v) is 5.97. The van der Waals surface area contributed by atoms with E-state index in [0.717, 1.165) is 35.0 Å². The van der Waals surface area contributed by atoms with Gasteiger partial charge in [0.15, 0.2) is 10.9 Å². The number of hydrogen-bond donors (Lipinski definition) is 1. The van der Waals surface area contributed by atoms with Crippen molar-refractivity contribution in [3.63, 3.8) is 0 Å². The highest BCUT2D eigenvalue weighted by atomic mass is 32.2. The molecule has 0 aliphatic carbocycles. The van der Waals surface area contributed by atoms with Crippen LogP contribution in [-0.4, -0.2) is 26.0 Å². The van der Waals surface area contributed by atoms with Crippen LogP contribution in [0.15, 0.2) is 21.1 Å². The van der Waals surface area contributed by atoms with Gasteiger partial charge in [0, 0.05) is 23.1 Å². The summed E-state index contributed by atoms with van der Waals surface area (Å²) in [5, 5.41) is 9.44. The Kier molecular flexibility index (Phi) is 3.33. The summed E-state index contributed by atoms with van der Waals surface area (Å²) in [4.78, 5) is 23.0. The van der Waals surface area contributed by atoms with Gasteiger partial charge in [0.1, 0.15) is 6.26 Å². The van der Waals surface area contributed by atoms with E-state index in [1.807, 2.05) is 20.8 Å². The maximum atomic E-state index is 10.7. The van der Waals surface area contributed by atoms with Crippen molar-refractivity contribution < 1.29 is 14.3 Å². The van der Waals surface area contributed by atoms with Gasteiger partial charge < -0.3 is 9.52 Å². The van der Waals surface area contributed by atoms with E-state index in [1.54, 1.807) is 0 Å². The van der Waals surface area contributed by atoms with Crippen molar-refractivity contribution >= 4 is 17.7 Å². The molecule has 2 aromatic heterocycles. The third-order valence-electron chi connectivity index (χ3n) is 2.49. The van der Waals surface area contributed by atoms with Crippen LogP contribution in [0.2, 0.25) is 0 Å². The Balaban J connectivity index is 2.25. The van der Waals surface area contributed by atoms with Gasteiger partial charge in [0.2, 0.25) is 0 Å². The number of oxazole rings is 1. The van der Waals surface area contributed by atoms with Crippen molar-refractivity contribution in [1.29, 1.82) is 0 Å². The molecule has 6 nitrogen and oxygen atoms in total. The van der Waals surface area contributed by atoms with Crippen LogP contribution in [-0.2, 0) is 0 Å². The predicted molar refractivity (Wildman–Crippen MR) is 63.8 cm³/mol. The second kappa shape index (κ2) is 4.77. The van der Waals surface area contributed by atoms with Crippen LogP contribution in [0.3, 0.4) is 0 Å². The highest BCUT2D eigenvalue weighted by Gasteiger charge is 2.13. The van der Waals surface area contributed by atoms with Gasteiger partial charge in [-0.3, -0.25) is 0 Å². The average molecular weight is 265 g/mol. The Morgan fingerprint density at radius 2 is 1.83 bits per heavy atom. The van der Waals surface area contributed by atoms with E-state index in [9.17, 15) is 4.79 Å². The fourth-order valence-corrected chi connectivity index (χ4v) is 2.03. The summed E-state index contributed by atoms with van der Waals surface area (Å²) in [5.41, 5.74) is 2.68. The number of aromatic carboxylic acids is 1. The van der Waals surface area contributed by atoms with Crippen molar-refractivity contribution in [2.45, 2.75) is 31.2 Å². The van der Waals surface area contributed by atoms with Crippen molar-refractivity contribution in [3.8, 4) is 0 Å². The number of nitrogens with zero attached hydrogens (tertiary/aromatic N) is 3. The molecule has 0 fully saturated rings. The van der Waals surface area contributed by atoms with Crippen molar-refractivity contribution in [2.75, 3.05) is 0 Å². The summed E-state index contributed by atoms with van der Waals surface area (Å²) in [5.74, 6) is -1.12. The van der Waals surface area contributed by atoms with Gasteiger partial charge in [-0.2, -0.15) is 4.98 Å². The first-order chi connectivity index (χ1) is 8.47. The van der Waals surface area contributed by atoms with Crippen LogP contribution < -0.4 is 0 Å². The summed E-state index contributed by atoms with van der Waals surface area (Å²) >= 11 is 1.10. The highest BCUT2D eigenvalue weighted by Crippen LogP contribution is 2.25. The summed E-state index contributed by atoms with van der Waals surface area (Å²) in [7, 11) is 0. The van der Waals surface area contributed by atoms with E-state index >= 15 is 0 Å². The normalized spacial score (nSPS) is 10.6. The number of hydrogen-bond acceptors (Lipinski definition) is 6. The van der Waals surface area contributed by atoms with Crippen LogP contribution >= 0.6 is 11.8 Å². The minimum atomic E-state index is -1.12. The molecule has 0 saturated carbocycles. The second-order valence-electron chi connectivity index (χ2n) is 3.71. The lowest BCUT2D eigenvalue weighted by atomic mass is 10.2. The maximum Gasteiger partial charge on any atom is 0.357 e. The summed E-state index contributed by atoms with van der Waals surface area (Å²) in [6.07, 6.45) is 1.10. The average Bonchev–Trinajstić information content (AvgIpc) is 2.74. The Morgan fingerprint density at radius 3 is 2.33 bits per heavy atom.